The number of hydrazone groups is 1. The highest BCUT2D eigenvalue weighted by Gasteiger charge is 2.01. The van der Waals surface area contributed by atoms with Gasteiger partial charge in [-0.3, -0.25) is 5.43 Å². The molecular weight excluding hydrogens is 276 g/mol. The van der Waals surface area contributed by atoms with E-state index in [0.717, 1.165) is 15.8 Å². The van der Waals surface area contributed by atoms with Gasteiger partial charge in [-0.1, -0.05) is 36.5 Å². The zero-order valence-corrected chi connectivity index (χ0v) is 11.5. The minimum atomic E-state index is 0.613. The fraction of sp³-hybridized carbons (Fsp3) is 0. The molecule has 0 aliphatic carbocycles. The lowest BCUT2D eigenvalue weighted by atomic mass is 10.2. The molecule has 1 aromatic carbocycles. The van der Waals surface area contributed by atoms with Gasteiger partial charge < -0.3 is 4.42 Å². The molecule has 0 saturated heterocycles. The summed E-state index contributed by atoms with van der Waals surface area (Å²) in [5, 5.41) is 7.13. The van der Waals surface area contributed by atoms with Crippen LogP contribution in [0.2, 0.25) is 0 Å². The van der Waals surface area contributed by atoms with Gasteiger partial charge in [0.15, 0.2) is 0 Å². The molecule has 3 aromatic rings. The molecule has 0 atom stereocenters. The second-order valence-electron chi connectivity index (χ2n) is 3.86. The molecular formula is C14H10N2OS2. The highest BCUT2D eigenvalue weighted by atomic mass is 32.1. The first-order valence-electron chi connectivity index (χ1n) is 5.68. The van der Waals surface area contributed by atoms with Crippen LogP contribution in [-0.4, -0.2) is 11.2 Å². The molecule has 0 radical (unpaired) electrons. The fourth-order valence-electron chi connectivity index (χ4n) is 1.68. The lowest BCUT2D eigenvalue weighted by Gasteiger charge is -1.97. The largest absolute Gasteiger partial charge is 0.455 e. The number of thiocarbonyl (C=S) groups is 1. The quantitative estimate of drug-likeness (QED) is 0.452. The van der Waals surface area contributed by atoms with Gasteiger partial charge in [0.2, 0.25) is 0 Å². The third-order valence-corrected chi connectivity index (χ3v) is 3.88. The van der Waals surface area contributed by atoms with E-state index >= 15 is 0 Å². The molecule has 0 bridgehead atoms. The Labute approximate surface area is 119 Å². The number of furan rings is 1. The van der Waals surface area contributed by atoms with Gasteiger partial charge in [-0.25, -0.2) is 0 Å². The molecule has 0 amide bonds. The minimum absolute atomic E-state index is 0.613. The molecule has 0 spiro atoms. The number of rotatable bonds is 3. The second-order valence-corrected chi connectivity index (χ2v) is 5.22. The van der Waals surface area contributed by atoms with Gasteiger partial charge in [-0.15, -0.1) is 11.3 Å². The summed E-state index contributed by atoms with van der Waals surface area (Å²) in [6.07, 6.45) is 1.62. The van der Waals surface area contributed by atoms with Crippen LogP contribution in [0.3, 0.4) is 0 Å². The standard InChI is InChI=1S/C14H10N2OS2/c18-14(13-6-3-7-19-13)16-15-9-11-8-10-4-1-2-5-12(10)17-11/h1-9H,(H,16,18). The zero-order chi connectivity index (χ0) is 13.1. The van der Waals surface area contributed by atoms with E-state index in [1.54, 1.807) is 17.6 Å². The summed E-state index contributed by atoms with van der Waals surface area (Å²) in [7, 11) is 0. The third kappa shape index (κ3) is 2.72. The number of hydrogen-bond donors (Lipinski definition) is 1. The molecule has 2 aromatic heterocycles. The Morgan fingerprint density at radius 1 is 1.26 bits per heavy atom. The molecule has 0 aliphatic heterocycles. The molecule has 0 saturated carbocycles. The lowest BCUT2D eigenvalue weighted by molar-refractivity contribution is 0.607. The topological polar surface area (TPSA) is 37.5 Å². The fourth-order valence-corrected chi connectivity index (χ4v) is 2.56. The normalized spacial score (nSPS) is 11.2. The van der Waals surface area contributed by atoms with E-state index < -0.39 is 0 Å². The van der Waals surface area contributed by atoms with Crippen LogP contribution in [0.5, 0.6) is 0 Å². The Bertz CT molecular complexity index is 696. The van der Waals surface area contributed by atoms with Crippen LogP contribution in [0, 0.1) is 0 Å². The Balaban J connectivity index is 1.71. The molecule has 0 fully saturated rings. The number of benzene rings is 1. The number of nitrogens with zero attached hydrogens (tertiary/aromatic N) is 1. The maximum Gasteiger partial charge on any atom is 0.148 e. The van der Waals surface area contributed by atoms with Crippen molar-refractivity contribution in [1.29, 1.82) is 0 Å². The predicted molar refractivity (Wildman–Crippen MR) is 83.0 cm³/mol. The Morgan fingerprint density at radius 3 is 2.95 bits per heavy atom. The first-order chi connectivity index (χ1) is 9.33. The zero-order valence-electron chi connectivity index (χ0n) is 9.87. The highest BCUT2D eigenvalue weighted by Crippen LogP contribution is 2.17. The summed E-state index contributed by atoms with van der Waals surface area (Å²) >= 11 is 6.79. The van der Waals surface area contributed by atoms with Crippen LogP contribution in [0.25, 0.3) is 11.0 Å². The summed E-state index contributed by atoms with van der Waals surface area (Å²) in [4.78, 5) is 1.61. The van der Waals surface area contributed by atoms with Gasteiger partial charge >= 0.3 is 0 Å². The number of nitrogens with one attached hydrogen (secondary N) is 1. The maximum atomic E-state index is 5.61. The first kappa shape index (κ1) is 12.1. The molecule has 94 valence electrons. The van der Waals surface area contributed by atoms with E-state index in [4.69, 9.17) is 16.6 Å². The third-order valence-electron chi connectivity index (χ3n) is 2.55. The van der Waals surface area contributed by atoms with Crippen LogP contribution in [0.4, 0.5) is 0 Å². The predicted octanol–water partition coefficient (Wildman–Crippen LogP) is 3.79. The average Bonchev–Trinajstić information content (AvgIpc) is 3.07. The number of para-hydroxylation sites is 1. The number of hydrogen-bond acceptors (Lipinski definition) is 4. The van der Waals surface area contributed by atoms with Crippen LogP contribution in [0.15, 0.2) is 57.4 Å². The molecule has 3 nitrogen and oxygen atoms in total. The maximum absolute atomic E-state index is 5.61. The molecule has 3 rings (SSSR count). The van der Waals surface area contributed by atoms with Crippen molar-refractivity contribution in [1.82, 2.24) is 5.43 Å². The Hall–Kier alpha value is -1.98. The first-order valence-corrected chi connectivity index (χ1v) is 6.97. The van der Waals surface area contributed by atoms with Crippen LogP contribution in [-0.2, 0) is 0 Å². The molecule has 5 heteroatoms. The van der Waals surface area contributed by atoms with Gasteiger partial charge in [-0.05, 0) is 23.6 Å². The second kappa shape index (κ2) is 5.34. The van der Waals surface area contributed by atoms with Gasteiger partial charge in [0, 0.05) is 5.39 Å². The van der Waals surface area contributed by atoms with Crippen molar-refractivity contribution in [2.45, 2.75) is 0 Å². The van der Waals surface area contributed by atoms with E-state index in [9.17, 15) is 0 Å². The molecule has 19 heavy (non-hydrogen) atoms. The van der Waals surface area contributed by atoms with Crippen LogP contribution < -0.4 is 5.43 Å². The smallest absolute Gasteiger partial charge is 0.148 e. The van der Waals surface area contributed by atoms with E-state index in [1.165, 1.54) is 0 Å². The summed E-state index contributed by atoms with van der Waals surface area (Å²) in [6, 6.07) is 13.7. The van der Waals surface area contributed by atoms with Crippen molar-refractivity contribution in [2.24, 2.45) is 5.10 Å². The van der Waals surface area contributed by atoms with E-state index in [-0.39, 0.29) is 0 Å². The summed E-state index contributed by atoms with van der Waals surface area (Å²) in [6.45, 7) is 0. The van der Waals surface area contributed by atoms with Gasteiger partial charge in [-0.2, -0.15) is 5.10 Å². The van der Waals surface area contributed by atoms with Gasteiger partial charge in [0.05, 0.1) is 11.1 Å². The average molecular weight is 286 g/mol. The van der Waals surface area contributed by atoms with Crippen LogP contribution >= 0.6 is 23.6 Å². The SMILES string of the molecule is S=C(NN=Cc1cc2ccccc2o1)c1cccs1. The van der Waals surface area contributed by atoms with Crippen molar-refractivity contribution in [3.05, 3.63) is 58.5 Å². The van der Waals surface area contributed by atoms with Crippen molar-refractivity contribution in [3.8, 4) is 0 Å². The number of fused-ring (bicyclic) bond motifs is 1. The van der Waals surface area contributed by atoms with Crippen molar-refractivity contribution >= 4 is 45.7 Å². The van der Waals surface area contributed by atoms with E-state index in [1.807, 2.05) is 47.8 Å². The number of thiophene rings is 1. The van der Waals surface area contributed by atoms with E-state index in [2.05, 4.69) is 10.5 Å². The molecule has 0 unspecified atom stereocenters. The summed E-state index contributed by atoms with van der Waals surface area (Å²) in [5.41, 5.74) is 3.68. The van der Waals surface area contributed by atoms with Crippen molar-refractivity contribution in [2.75, 3.05) is 0 Å². The Morgan fingerprint density at radius 2 is 2.16 bits per heavy atom. The molecule has 0 aliphatic rings. The minimum Gasteiger partial charge on any atom is -0.455 e. The summed E-state index contributed by atoms with van der Waals surface area (Å²) < 4.78 is 5.61. The van der Waals surface area contributed by atoms with Crippen molar-refractivity contribution in [3.63, 3.8) is 0 Å². The van der Waals surface area contributed by atoms with Gasteiger partial charge in [0.25, 0.3) is 0 Å². The molecule has 2 heterocycles. The monoisotopic (exact) mass is 286 g/mol. The molecule has 1 N–H and O–H groups in total. The Kier molecular flexibility index (Phi) is 3.39. The van der Waals surface area contributed by atoms with Crippen molar-refractivity contribution < 1.29 is 4.42 Å². The van der Waals surface area contributed by atoms with Crippen LogP contribution in [0.1, 0.15) is 10.6 Å². The lowest BCUT2D eigenvalue weighted by Crippen LogP contribution is -2.14. The summed E-state index contributed by atoms with van der Waals surface area (Å²) in [5.74, 6) is 0.697. The van der Waals surface area contributed by atoms with Gasteiger partial charge in [0.1, 0.15) is 16.3 Å². The van der Waals surface area contributed by atoms with E-state index in [0.29, 0.717) is 10.7 Å². The highest BCUT2D eigenvalue weighted by molar-refractivity contribution is 7.81.